The van der Waals surface area contributed by atoms with E-state index >= 15 is 0 Å². The normalized spacial score (nSPS) is 10.6. The van der Waals surface area contributed by atoms with Gasteiger partial charge in [-0.3, -0.25) is 4.79 Å². The Bertz CT molecular complexity index is 813. The maximum atomic E-state index is 12.1. The summed E-state index contributed by atoms with van der Waals surface area (Å²) in [5.74, 6) is 0.627. The van der Waals surface area contributed by atoms with Crippen molar-refractivity contribution in [3.05, 3.63) is 65.6 Å². The molecule has 3 aromatic rings. The van der Waals surface area contributed by atoms with Crippen LogP contribution in [0.3, 0.4) is 0 Å². The maximum absolute atomic E-state index is 12.1. The molecule has 0 aliphatic heterocycles. The molecule has 21 heavy (non-hydrogen) atoms. The molecule has 0 spiro atoms. The molecule has 3 rings (SSSR count). The third-order valence-electron chi connectivity index (χ3n) is 3.29. The van der Waals surface area contributed by atoms with Crippen LogP contribution in [-0.2, 0) is 0 Å². The average molecular weight is 277 g/mol. The van der Waals surface area contributed by atoms with E-state index in [1.165, 1.54) is 0 Å². The highest BCUT2D eigenvalue weighted by atomic mass is 16.1. The maximum Gasteiger partial charge on any atom is 0.255 e. The first-order valence-electron chi connectivity index (χ1n) is 6.75. The highest BCUT2D eigenvalue weighted by Gasteiger charge is 2.07. The molecule has 1 aromatic heterocycles. The average Bonchev–Trinajstić information content (AvgIpc) is 2.48. The Morgan fingerprint density at radius 1 is 1.00 bits per heavy atom. The first kappa shape index (κ1) is 13.2. The number of hydrogen-bond acceptors (Lipinski definition) is 3. The van der Waals surface area contributed by atoms with Crippen LogP contribution < -0.4 is 5.32 Å². The van der Waals surface area contributed by atoms with Crippen molar-refractivity contribution in [2.45, 2.75) is 13.8 Å². The monoisotopic (exact) mass is 277 g/mol. The molecule has 0 fully saturated rings. The van der Waals surface area contributed by atoms with Gasteiger partial charge in [0.05, 0.1) is 5.52 Å². The zero-order chi connectivity index (χ0) is 14.8. The molecule has 0 atom stereocenters. The quantitative estimate of drug-likeness (QED) is 0.780. The number of aryl methyl sites for hydroxylation is 2. The SMILES string of the molecule is Cc1nc(C)c2cc(NC(=O)c3ccccc3)ccc2n1. The lowest BCUT2D eigenvalue weighted by atomic mass is 10.1. The number of hydrogen-bond donors (Lipinski definition) is 1. The zero-order valence-electron chi connectivity index (χ0n) is 11.9. The Morgan fingerprint density at radius 3 is 2.52 bits per heavy atom. The van der Waals surface area contributed by atoms with E-state index in [2.05, 4.69) is 15.3 Å². The number of benzene rings is 2. The minimum Gasteiger partial charge on any atom is -0.322 e. The molecule has 1 heterocycles. The second-order valence-electron chi connectivity index (χ2n) is 4.91. The number of rotatable bonds is 2. The predicted octanol–water partition coefficient (Wildman–Crippen LogP) is 3.50. The Hall–Kier alpha value is -2.75. The van der Waals surface area contributed by atoms with Gasteiger partial charge in [-0.05, 0) is 44.2 Å². The van der Waals surface area contributed by atoms with Crippen molar-refractivity contribution in [3.8, 4) is 0 Å². The van der Waals surface area contributed by atoms with Crippen LogP contribution in [0.1, 0.15) is 21.9 Å². The number of carbonyl (C=O) groups is 1. The molecular formula is C17H15N3O. The minimum absolute atomic E-state index is 0.124. The number of fused-ring (bicyclic) bond motifs is 1. The number of aromatic nitrogens is 2. The molecule has 4 heteroatoms. The third-order valence-corrected chi connectivity index (χ3v) is 3.29. The minimum atomic E-state index is -0.124. The van der Waals surface area contributed by atoms with Crippen molar-refractivity contribution < 1.29 is 4.79 Å². The van der Waals surface area contributed by atoms with Gasteiger partial charge in [0.1, 0.15) is 5.82 Å². The molecule has 0 saturated carbocycles. The first-order chi connectivity index (χ1) is 10.1. The fraction of sp³-hybridized carbons (Fsp3) is 0.118. The number of amides is 1. The van der Waals surface area contributed by atoms with Gasteiger partial charge in [-0.25, -0.2) is 9.97 Å². The molecule has 0 unspecified atom stereocenters. The predicted molar refractivity (Wildman–Crippen MR) is 83.4 cm³/mol. The van der Waals surface area contributed by atoms with Crippen LogP contribution in [0.4, 0.5) is 5.69 Å². The van der Waals surface area contributed by atoms with Crippen molar-refractivity contribution >= 4 is 22.5 Å². The lowest BCUT2D eigenvalue weighted by molar-refractivity contribution is 0.102. The van der Waals surface area contributed by atoms with Crippen molar-refractivity contribution in [1.82, 2.24) is 9.97 Å². The molecule has 0 aliphatic rings. The van der Waals surface area contributed by atoms with Crippen LogP contribution in [0.15, 0.2) is 48.5 Å². The molecule has 0 aliphatic carbocycles. The topological polar surface area (TPSA) is 54.9 Å². The second kappa shape index (κ2) is 5.32. The van der Waals surface area contributed by atoms with E-state index in [0.29, 0.717) is 5.56 Å². The highest BCUT2D eigenvalue weighted by Crippen LogP contribution is 2.20. The summed E-state index contributed by atoms with van der Waals surface area (Å²) in [6.45, 7) is 3.82. The van der Waals surface area contributed by atoms with E-state index in [4.69, 9.17) is 0 Å². The van der Waals surface area contributed by atoms with E-state index < -0.39 is 0 Å². The largest absolute Gasteiger partial charge is 0.322 e. The van der Waals surface area contributed by atoms with Gasteiger partial charge < -0.3 is 5.32 Å². The number of nitrogens with zero attached hydrogens (tertiary/aromatic N) is 2. The van der Waals surface area contributed by atoms with E-state index in [9.17, 15) is 4.79 Å². The molecular weight excluding hydrogens is 262 g/mol. The van der Waals surface area contributed by atoms with Gasteiger partial charge in [0.15, 0.2) is 0 Å². The summed E-state index contributed by atoms with van der Waals surface area (Å²) in [7, 11) is 0. The van der Waals surface area contributed by atoms with Crippen molar-refractivity contribution in [3.63, 3.8) is 0 Å². The smallest absolute Gasteiger partial charge is 0.255 e. The number of nitrogens with one attached hydrogen (secondary N) is 1. The summed E-state index contributed by atoms with van der Waals surface area (Å²) >= 11 is 0. The standard InChI is InChI=1S/C17H15N3O/c1-11-15-10-14(8-9-16(15)19-12(2)18-11)20-17(21)13-6-4-3-5-7-13/h3-10H,1-2H3,(H,20,21). The molecule has 1 N–H and O–H groups in total. The lowest BCUT2D eigenvalue weighted by Crippen LogP contribution is -2.11. The van der Waals surface area contributed by atoms with Gasteiger partial charge >= 0.3 is 0 Å². The summed E-state index contributed by atoms with van der Waals surface area (Å²) in [6.07, 6.45) is 0. The van der Waals surface area contributed by atoms with E-state index in [0.717, 1.165) is 28.1 Å². The molecule has 104 valence electrons. The number of anilines is 1. The molecule has 2 aromatic carbocycles. The summed E-state index contributed by atoms with van der Waals surface area (Å²) in [5, 5.41) is 3.85. The molecule has 4 nitrogen and oxygen atoms in total. The van der Waals surface area contributed by atoms with Gasteiger partial charge in [0.2, 0.25) is 0 Å². The van der Waals surface area contributed by atoms with Gasteiger partial charge in [-0.1, -0.05) is 18.2 Å². The summed E-state index contributed by atoms with van der Waals surface area (Å²) < 4.78 is 0. The molecule has 0 radical (unpaired) electrons. The second-order valence-corrected chi connectivity index (χ2v) is 4.91. The van der Waals surface area contributed by atoms with Crippen molar-refractivity contribution in [1.29, 1.82) is 0 Å². The van der Waals surface area contributed by atoms with Crippen LogP contribution in [-0.4, -0.2) is 15.9 Å². The van der Waals surface area contributed by atoms with Crippen molar-refractivity contribution in [2.75, 3.05) is 5.32 Å². The molecule has 0 bridgehead atoms. The van der Waals surface area contributed by atoms with E-state index in [-0.39, 0.29) is 5.91 Å². The van der Waals surface area contributed by atoms with Crippen LogP contribution in [0.2, 0.25) is 0 Å². The third kappa shape index (κ3) is 2.74. The number of carbonyl (C=O) groups excluding carboxylic acids is 1. The highest BCUT2D eigenvalue weighted by molar-refractivity contribution is 6.05. The zero-order valence-corrected chi connectivity index (χ0v) is 11.9. The van der Waals surface area contributed by atoms with Crippen molar-refractivity contribution in [2.24, 2.45) is 0 Å². The van der Waals surface area contributed by atoms with Gasteiger partial charge in [0, 0.05) is 22.3 Å². The fourth-order valence-electron chi connectivity index (χ4n) is 2.30. The summed E-state index contributed by atoms with van der Waals surface area (Å²) in [5.41, 5.74) is 3.17. The van der Waals surface area contributed by atoms with Gasteiger partial charge in [-0.2, -0.15) is 0 Å². The Kier molecular flexibility index (Phi) is 3.36. The van der Waals surface area contributed by atoms with Crippen LogP contribution in [0, 0.1) is 13.8 Å². The van der Waals surface area contributed by atoms with Crippen LogP contribution in [0.5, 0.6) is 0 Å². The summed E-state index contributed by atoms with van der Waals surface area (Å²) in [4.78, 5) is 20.9. The fourth-order valence-corrected chi connectivity index (χ4v) is 2.30. The Labute approximate surface area is 122 Å². The Morgan fingerprint density at radius 2 is 1.76 bits per heavy atom. The van der Waals surface area contributed by atoms with Gasteiger partial charge in [0.25, 0.3) is 5.91 Å². The first-order valence-corrected chi connectivity index (χ1v) is 6.75. The van der Waals surface area contributed by atoms with Crippen LogP contribution >= 0.6 is 0 Å². The summed E-state index contributed by atoms with van der Waals surface area (Å²) in [6, 6.07) is 14.8. The van der Waals surface area contributed by atoms with E-state index in [1.54, 1.807) is 12.1 Å². The van der Waals surface area contributed by atoms with Crippen LogP contribution in [0.25, 0.3) is 10.9 Å². The Balaban J connectivity index is 1.93. The van der Waals surface area contributed by atoms with Gasteiger partial charge in [-0.15, -0.1) is 0 Å². The molecule has 0 saturated heterocycles. The molecule has 1 amide bonds. The van der Waals surface area contributed by atoms with E-state index in [1.807, 2.05) is 50.2 Å². The lowest BCUT2D eigenvalue weighted by Gasteiger charge is -2.08.